The lowest BCUT2D eigenvalue weighted by molar-refractivity contribution is -0.121. The quantitative estimate of drug-likeness (QED) is 0.583. The van der Waals surface area contributed by atoms with E-state index in [4.69, 9.17) is 4.74 Å². The van der Waals surface area contributed by atoms with Gasteiger partial charge in [-0.3, -0.25) is 14.4 Å². The lowest BCUT2D eigenvalue weighted by Crippen LogP contribution is -2.33. The van der Waals surface area contributed by atoms with Crippen molar-refractivity contribution in [1.29, 1.82) is 0 Å². The fourth-order valence-electron chi connectivity index (χ4n) is 4.14. The van der Waals surface area contributed by atoms with Gasteiger partial charge in [-0.25, -0.2) is 0 Å². The normalized spacial score (nSPS) is 17.6. The number of nitrogens with zero attached hydrogens (tertiary/aromatic N) is 2. The van der Waals surface area contributed by atoms with Crippen LogP contribution in [0.3, 0.4) is 0 Å². The minimum Gasteiger partial charge on any atom is -0.496 e. The average molecular weight is 495 g/mol. The van der Waals surface area contributed by atoms with E-state index in [-0.39, 0.29) is 24.1 Å². The van der Waals surface area contributed by atoms with Crippen LogP contribution in [-0.2, 0) is 16.0 Å². The molecule has 9 heteroatoms. The van der Waals surface area contributed by atoms with Gasteiger partial charge in [0, 0.05) is 37.3 Å². The lowest BCUT2D eigenvalue weighted by Gasteiger charge is -2.27. The van der Waals surface area contributed by atoms with Crippen LogP contribution < -0.4 is 15.4 Å². The predicted octanol–water partition coefficient (Wildman–Crippen LogP) is 3.48. The molecule has 0 aliphatic carbocycles. The molecule has 0 aromatic heterocycles. The number of amidine groups is 1. The van der Waals surface area contributed by atoms with E-state index in [2.05, 4.69) is 20.5 Å². The summed E-state index contributed by atoms with van der Waals surface area (Å²) in [5.41, 5.74) is 2.11. The third kappa shape index (κ3) is 6.63. The summed E-state index contributed by atoms with van der Waals surface area (Å²) in [6, 6.07) is 14.4. The van der Waals surface area contributed by atoms with E-state index >= 15 is 0 Å². The van der Waals surface area contributed by atoms with Crippen molar-refractivity contribution in [2.24, 2.45) is 4.99 Å². The summed E-state index contributed by atoms with van der Waals surface area (Å²) in [6.45, 7) is 2.31. The van der Waals surface area contributed by atoms with Gasteiger partial charge in [0.1, 0.15) is 11.0 Å². The summed E-state index contributed by atoms with van der Waals surface area (Å²) in [5, 5.41) is 5.98. The highest BCUT2D eigenvalue weighted by atomic mass is 32.2. The molecular weight excluding hydrogens is 464 g/mol. The summed E-state index contributed by atoms with van der Waals surface area (Å²) in [6.07, 6.45) is 4.14. The highest BCUT2D eigenvalue weighted by Gasteiger charge is 2.33. The van der Waals surface area contributed by atoms with Crippen LogP contribution in [0.15, 0.2) is 53.5 Å². The molecule has 8 nitrogen and oxygen atoms in total. The van der Waals surface area contributed by atoms with E-state index < -0.39 is 5.25 Å². The summed E-state index contributed by atoms with van der Waals surface area (Å²) in [4.78, 5) is 43.6. The Morgan fingerprint density at radius 2 is 1.83 bits per heavy atom. The number of likely N-dealkylation sites (tertiary alicyclic amines) is 1. The third-order valence-electron chi connectivity index (χ3n) is 6.03. The third-order valence-corrected chi connectivity index (χ3v) is 7.24. The number of methoxy groups -OCH3 is 1. The Labute approximate surface area is 209 Å². The molecule has 0 radical (unpaired) electrons. The van der Waals surface area contributed by atoms with Gasteiger partial charge in [0.2, 0.25) is 5.91 Å². The number of anilines is 1. The molecule has 2 aromatic rings. The highest BCUT2D eigenvalue weighted by Crippen LogP contribution is 2.29. The monoisotopic (exact) mass is 494 g/mol. The van der Waals surface area contributed by atoms with Crippen LogP contribution in [0, 0.1) is 0 Å². The summed E-state index contributed by atoms with van der Waals surface area (Å²) < 4.78 is 5.34. The first kappa shape index (κ1) is 24.8. The van der Waals surface area contributed by atoms with Crippen molar-refractivity contribution in [2.75, 3.05) is 32.1 Å². The summed E-state index contributed by atoms with van der Waals surface area (Å²) in [7, 11) is 1.63. The van der Waals surface area contributed by atoms with E-state index in [1.165, 1.54) is 18.2 Å². The Hall–Kier alpha value is -3.33. The molecule has 4 rings (SSSR count). The second-order valence-electron chi connectivity index (χ2n) is 8.53. The number of rotatable bonds is 8. The molecule has 1 fully saturated rings. The topological polar surface area (TPSA) is 100 Å². The first-order valence-electron chi connectivity index (χ1n) is 11.9. The van der Waals surface area contributed by atoms with E-state index in [9.17, 15) is 14.4 Å². The maximum absolute atomic E-state index is 12.5. The maximum Gasteiger partial charge on any atom is 0.262 e. The fourth-order valence-corrected chi connectivity index (χ4v) is 5.25. The summed E-state index contributed by atoms with van der Waals surface area (Å²) in [5.74, 6) is 0.118. The Bertz CT molecular complexity index is 1100. The number of piperidine rings is 1. The molecule has 2 aromatic carbocycles. The summed E-state index contributed by atoms with van der Waals surface area (Å²) >= 11 is 1.38. The standard InChI is InChI=1S/C26H30N4O4S/c1-34-21-8-4-3-7-18(21)13-14-27-24(32)19-9-11-20(12-10-19)28-23(31)17-22-25(33)29-26(35-22)30-15-5-2-6-16-30/h3-4,7-12,22H,2,5-6,13-17H2,1H3,(H,27,32)(H,28,31)/t22-/m1/s1. The minimum absolute atomic E-state index is 0.0650. The number of para-hydroxylation sites is 1. The minimum atomic E-state index is -0.486. The molecule has 2 aliphatic heterocycles. The van der Waals surface area contributed by atoms with Crippen LogP contribution in [0.25, 0.3) is 0 Å². The predicted molar refractivity (Wildman–Crippen MR) is 138 cm³/mol. The van der Waals surface area contributed by atoms with Gasteiger partial charge in [-0.1, -0.05) is 30.0 Å². The number of carbonyl (C=O) groups is 3. The molecule has 1 saturated heterocycles. The molecule has 2 N–H and O–H groups in total. The van der Waals surface area contributed by atoms with Crippen LogP contribution in [0.2, 0.25) is 0 Å². The van der Waals surface area contributed by atoms with Crippen molar-refractivity contribution in [3.8, 4) is 5.75 Å². The zero-order chi connectivity index (χ0) is 24.6. The van der Waals surface area contributed by atoms with Crippen LogP contribution in [0.4, 0.5) is 5.69 Å². The van der Waals surface area contributed by atoms with Crippen molar-refractivity contribution in [1.82, 2.24) is 10.2 Å². The van der Waals surface area contributed by atoms with Gasteiger partial charge < -0.3 is 20.3 Å². The van der Waals surface area contributed by atoms with Gasteiger partial charge in [-0.15, -0.1) is 0 Å². The number of hydrogen-bond donors (Lipinski definition) is 2. The molecule has 0 unspecified atom stereocenters. The van der Waals surface area contributed by atoms with Gasteiger partial charge in [0.25, 0.3) is 11.8 Å². The molecule has 2 aliphatic rings. The van der Waals surface area contributed by atoms with Gasteiger partial charge >= 0.3 is 0 Å². The smallest absolute Gasteiger partial charge is 0.262 e. The zero-order valence-corrected chi connectivity index (χ0v) is 20.6. The number of thioether (sulfide) groups is 1. The fraction of sp³-hybridized carbons (Fsp3) is 0.385. The van der Waals surface area contributed by atoms with Crippen LogP contribution in [0.1, 0.15) is 41.6 Å². The largest absolute Gasteiger partial charge is 0.496 e. The van der Waals surface area contributed by atoms with E-state index in [0.717, 1.165) is 42.4 Å². The molecule has 0 saturated carbocycles. The molecule has 0 spiro atoms. The Morgan fingerprint density at radius 1 is 1.09 bits per heavy atom. The average Bonchev–Trinajstić information content (AvgIpc) is 3.25. The van der Waals surface area contributed by atoms with Crippen molar-refractivity contribution >= 4 is 40.3 Å². The molecule has 35 heavy (non-hydrogen) atoms. The number of carbonyl (C=O) groups excluding carboxylic acids is 3. The Morgan fingerprint density at radius 3 is 2.57 bits per heavy atom. The van der Waals surface area contributed by atoms with E-state index in [1.54, 1.807) is 31.4 Å². The molecule has 184 valence electrons. The van der Waals surface area contributed by atoms with Crippen molar-refractivity contribution < 1.29 is 19.1 Å². The van der Waals surface area contributed by atoms with Gasteiger partial charge in [0.15, 0.2) is 5.17 Å². The van der Waals surface area contributed by atoms with Crippen molar-refractivity contribution in [3.63, 3.8) is 0 Å². The SMILES string of the molecule is COc1ccccc1CCNC(=O)c1ccc(NC(=O)C[C@H]2SC(N3CCCCC3)=NC2=O)cc1. The van der Waals surface area contributed by atoms with Gasteiger partial charge in [-0.05, 0) is 61.6 Å². The van der Waals surface area contributed by atoms with E-state index in [0.29, 0.717) is 24.2 Å². The second kappa shape index (κ2) is 11.9. The molecule has 1 atom stereocenters. The highest BCUT2D eigenvalue weighted by molar-refractivity contribution is 8.15. The lowest BCUT2D eigenvalue weighted by atomic mass is 10.1. The molecule has 3 amide bonds. The maximum atomic E-state index is 12.5. The molecular formula is C26H30N4O4S. The first-order chi connectivity index (χ1) is 17.0. The van der Waals surface area contributed by atoms with Crippen LogP contribution in [-0.4, -0.2) is 59.8 Å². The number of nitrogens with one attached hydrogen (secondary N) is 2. The number of benzene rings is 2. The number of amides is 3. The number of aliphatic imine (C=N–C) groups is 1. The number of ether oxygens (including phenoxy) is 1. The zero-order valence-electron chi connectivity index (χ0n) is 19.8. The van der Waals surface area contributed by atoms with E-state index in [1.807, 2.05) is 24.3 Å². The van der Waals surface area contributed by atoms with Gasteiger partial charge in [-0.2, -0.15) is 4.99 Å². The van der Waals surface area contributed by atoms with Crippen LogP contribution in [0.5, 0.6) is 5.75 Å². The number of hydrogen-bond acceptors (Lipinski definition) is 6. The first-order valence-corrected chi connectivity index (χ1v) is 12.8. The van der Waals surface area contributed by atoms with Crippen LogP contribution >= 0.6 is 11.8 Å². The van der Waals surface area contributed by atoms with Crippen molar-refractivity contribution in [3.05, 3.63) is 59.7 Å². The Balaban J connectivity index is 1.22. The second-order valence-corrected chi connectivity index (χ2v) is 9.70. The molecule has 0 bridgehead atoms. The van der Waals surface area contributed by atoms with Crippen molar-refractivity contribution in [2.45, 2.75) is 37.4 Å². The molecule has 2 heterocycles. The Kier molecular flexibility index (Phi) is 8.41. The van der Waals surface area contributed by atoms with Gasteiger partial charge in [0.05, 0.1) is 7.11 Å².